The van der Waals surface area contributed by atoms with Gasteiger partial charge in [-0.15, -0.1) is 0 Å². The molecule has 0 aliphatic carbocycles. The standard InChI is InChI=1S/C11H11N5O4/c1-15-6-14-10(16(19)20)9(15)13-5-7-2-3-8(11(17)18)12-4-7/h2-4,6,13H,5H2,1H3,(H,17,18). The fraction of sp³-hybridized carbons (Fsp3) is 0.182. The van der Waals surface area contributed by atoms with Crippen molar-refractivity contribution in [2.45, 2.75) is 6.54 Å². The Hall–Kier alpha value is -2.97. The average molecular weight is 277 g/mol. The molecule has 0 aliphatic heterocycles. The fourth-order valence-corrected chi connectivity index (χ4v) is 1.60. The highest BCUT2D eigenvalue weighted by molar-refractivity contribution is 5.85. The van der Waals surface area contributed by atoms with E-state index in [1.807, 2.05) is 0 Å². The minimum absolute atomic E-state index is 0.0553. The smallest absolute Gasteiger partial charge is 0.406 e. The predicted molar refractivity (Wildman–Crippen MR) is 68.4 cm³/mol. The van der Waals surface area contributed by atoms with Crippen molar-refractivity contribution in [1.82, 2.24) is 14.5 Å². The molecule has 2 rings (SSSR count). The van der Waals surface area contributed by atoms with Crippen LogP contribution in [0.2, 0.25) is 0 Å². The molecule has 0 aliphatic rings. The van der Waals surface area contributed by atoms with Crippen molar-refractivity contribution in [2.75, 3.05) is 5.32 Å². The Morgan fingerprint density at radius 3 is 2.80 bits per heavy atom. The summed E-state index contributed by atoms with van der Waals surface area (Å²) in [5, 5.41) is 22.4. The highest BCUT2D eigenvalue weighted by Gasteiger charge is 2.19. The zero-order chi connectivity index (χ0) is 14.7. The third-order valence-electron chi connectivity index (χ3n) is 2.59. The van der Waals surface area contributed by atoms with E-state index in [0.29, 0.717) is 5.56 Å². The van der Waals surface area contributed by atoms with Gasteiger partial charge in [0, 0.05) is 19.8 Å². The lowest BCUT2D eigenvalue weighted by Crippen LogP contribution is -2.07. The zero-order valence-electron chi connectivity index (χ0n) is 10.5. The molecule has 104 valence electrons. The number of aromatic nitrogens is 3. The lowest BCUT2D eigenvalue weighted by molar-refractivity contribution is -0.388. The molecule has 0 aromatic carbocycles. The van der Waals surface area contributed by atoms with Crippen molar-refractivity contribution in [1.29, 1.82) is 0 Å². The van der Waals surface area contributed by atoms with Gasteiger partial charge in [-0.05, 0) is 21.5 Å². The molecule has 2 heterocycles. The summed E-state index contributed by atoms with van der Waals surface area (Å²) in [5.74, 6) is -1.09. The monoisotopic (exact) mass is 277 g/mol. The molecule has 20 heavy (non-hydrogen) atoms. The van der Waals surface area contributed by atoms with E-state index in [9.17, 15) is 14.9 Å². The molecule has 0 spiro atoms. The van der Waals surface area contributed by atoms with E-state index in [1.165, 1.54) is 23.2 Å². The number of hydrogen-bond acceptors (Lipinski definition) is 6. The van der Waals surface area contributed by atoms with Crippen molar-refractivity contribution in [3.05, 3.63) is 46.0 Å². The Labute approximate surface area is 113 Å². The van der Waals surface area contributed by atoms with E-state index in [4.69, 9.17) is 5.11 Å². The van der Waals surface area contributed by atoms with Gasteiger partial charge < -0.3 is 20.5 Å². The second kappa shape index (κ2) is 5.34. The molecular weight excluding hydrogens is 266 g/mol. The number of anilines is 1. The first-order valence-corrected chi connectivity index (χ1v) is 5.57. The van der Waals surface area contributed by atoms with Crippen LogP contribution in [0, 0.1) is 10.1 Å². The van der Waals surface area contributed by atoms with Gasteiger partial charge in [0.2, 0.25) is 12.1 Å². The second-order valence-electron chi connectivity index (χ2n) is 4.00. The Balaban J connectivity index is 2.11. The molecular formula is C11H11N5O4. The molecule has 0 saturated carbocycles. The van der Waals surface area contributed by atoms with Gasteiger partial charge >= 0.3 is 11.8 Å². The van der Waals surface area contributed by atoms with E-state index in [2.05, 4.69) is 15.3 Å². The molecule has 2 N–H and O–H groups in total. The average Bonchev–Trinajstić information content (AvgIpc) is 2.78. The highest BCUT2D eigenvalue weighted by atomic mass is 16.6. The van der Waals surface area contributed by atoms with E-state index in [0.717, 1.165) is 0 Å². The fourth-order valence-electron chi connectivity index (χ4n) is 1.60. The maximum atomic E-state index is 10.8. The number of carboxylic acids is 1. The molecule has 0 fully saturated rings. The van der Waals surface area contributed by atoms with E-state index in [1.54, 1.807) is 13.1 Å². The van der Waals surface area contributed by atoms with Crippen LogP contribution in [0.3, 0.4) is 0 Å². The summed E-state index contributed by atoms with van der Waals surface area (Å²) in [5.41, 5.74) is 0.644. The largest absolute Gasteiger partial charge is 0.477 e. The van der Waals surface area contributed by atoms with Crippen LogP contribution in [0.4, 0.5) is 11.6 Å². The van der Waals surface area contributed by atoms with E-state index < -0.39 is 10.9 Å². The van der Waals surface area contributed by atoms with Gasteiger partial charge in [-0.2, -0.15) is 0 Å². The maximum Gasteiger partial charge on any atom is 0.406 e. The van der Waals surface area contributed by atoms with Crippen LogP contribution < -0.4 is 5.32 Å². The predicted octanol–water partition coefficient (Wildman–Crippen LogP) is 1.03. The van der Waals surface area contributed by atoms with Crippen LogP contribution in [-0.2, 0) is 13.6 Å². The summed E-state index contributed by atoms with van der Waals surface area (Å²) in [4.78, 5) is 28.3. The number of rotatable bonds is 5. The molecule has 9 nitrogen and oxygen atoms in total. The summed E-state index contributed by atoms with van der Waals surface area (Å²) in [6, 6.07) is 2.96. The van der Waals surface area contributed by atoms with Crippen molar-refractivity contribution in [3.8, 4) is 0 Å². The molecule has 0 radical (unpaired) electrons. The number of carbonyl (C=O) groups is 1. The van der Waals surface area contributed by atoms with Crippen LogP contribution in [0.1, 0.15) is 16.1 Å². The third-order valence-corrected chi connectivity index (χ3v) is 2.59. The van der Waals surface area contributed by atoms with Gasteiger partial charge in [0.25, 0.3) is 0 Å². The van der Waals surface area contributed by atoms with Gasteiger partial charge in [-0.1, -0.05) is 6.07 Å². The zero-order valence-corrected chi connectivity index (χ0v) is 10.5. The summed E-state index contributed by atoms with van der Waals surface area (Å²) in [7, 11) is 1.63. The maximum absolute atomic E-state index is 10.8. The van der Waals surface area contributed by atoms with Crippen LogP contribution >= 0.6 is 0 Å². The van der Waals surface area contributed by atoms with Gasteiger partial charge in [0.15, 0.2) is 0 Å². The number of aromatic carboxylic acids is 1. The van der Waals surface area contributed by atoms with Crippen LogP contribution in [0.5, 0.6) is 0 Å². The number of nitrogens with zero attached hydrogens (tertiary/aromatic N) is 4. The number of imidazole rings is 1. The SMILES string of the molecule is Cn1cnc([N+](=O)[O-])c1NCc1ccc(C(=O)O)nc1. The minimum atomic E-state index is -1.10. The number of carboxylic acid groups (broad SMARTS) is 1. The first-order chi connectivity index (χ1) is 9.49. The topological polar surface area (TPSA) is 123 Å². The lowest BCUT2D eigenvalue weighted by atomic mass is 10.2. The Morgan fingerprint density at radius 2 is 2.25 bits per heavy atom. The van der Waals surface area contributed by atoms with Crippen molar-refractivity contribution < 1.29 is 14.8 Å². The van der Waals surface area contributed by atoms with Gasteiger partial charge in [-0.3, -0.25) is 4.57 Å². The molecule has 0 bridgehead atoms. The summed E-state index contributed by atoms with van der Waals surface area (Å²) in [6.07, 6.45) is 2.74. The number of nitrogens with one attached hydrogen (secondary N) is 1. The first kappa shape index (κ1) is 13.5. The van der Waals surface area contributed by atoms with E-state index >= 15 is 0 Å². The second-order valence-corrected chi connectivity index (χ2v) is 4.00. The normalized spacial score (nSPS) is 10.2. The molecule has 0 atom stereocenters. The summed E-state index contributed by atoms with van der Waals surface area (Å²) >= 11 is 0. The Morgan fingerprint density at radius 1 is 1.50 bits per heavy atom. The molecule has 0 amide bonds. The van der Waals surface area contributed by atoms with Crippen LogP contribution in [0.25, 0.3) is 0 Å². The molecule has 9 heteroatoms. The van der Waals surface area contributed by atoms with E-state index in [-0.39, 0.29) is 23.9 Å². The number of aryl methyl sites for hydroxylation is 1. The van der Waals surface area contributed by atoms with Crippen molar-refractivity contribution in [2.24, 2.45) is 7.05 Å². The molecule has 2 aromatic heterocycles. The van der Waals surface area contributed by atoms with Crippen LogP contribution in [0.15, 0.2) is 24.7 Å². The molecule has 0 saturated heterocycles. The summed E-state index contributed by atoms with van der Waals surface area (Å²) < 4.78 is 1.50. The third kappa shape index (κ3) is 2.71. The number of hydrogen-bond donors (Lipinski definition) is 2. The Bertz CT molecular complexity index is 649. The van der Waals surface area contributed by atoms with Crippen molar-refractivity contribution in [3.63, 3.8) is 0 Å². The molecule has 0 unspecified atom stereocenters. The highest BCUT2D eigenvalue weighted by Crippen LogP contribution is 2.21. The minimum Gasteiger partial charge on any atom is -0.477 e. The Kier molecular flexibility index (Phi) is 3.60. The number of pyridine rings is 1. The van der Waals surface area contributed by atoms with Gasteiger partial charge in [0.1, 0.15) is 5.69 Å². The molecule has 2 aromatic rings. The van der Waals surface area contributed by atoms with Gasteiger partial charge in [-0.25, -0.2) is 9.78 Å². The van der Waals surface area contributed by atoms with Crippen molar-refractivity contribution >= 4 is 17.6 Å². The van der Waals surface area contributed by atoms with Gasteiger partial charge in [0.05, 0.1) is 0 Å². The van der Waals surface area contributed by atoms with Crippen LogP contribution in [-0.4, -0.2) is 30.5 Å². The number of nitro groups is 1. The lowest BCUT2D eigenvalue weighted by Gasteiger charge is -2.06. The first-order valence-electron chi connectivity index (χ1n) is 5.57. The quantitative estimate of drug-likeness (QED) is 0.618. The summed E-state index contributed by atoms with van der Waals surface area (Å²) in [6.45, 7) is 0.271.